The van der Waals surface area contributed by atoms with Gasteiger partial charge in [0.25, 0.3) is 0 Å². The minimum Gasteiger partial charge on any atom is -0.463 e. The molecule has 0 aliphatic carbocycles. The van der Waals surface area contributed by atoms with Crippen LogP contribution in [-0.2, 0) is 27.9 Å². The van der Waals surface area contributed by atoms with Gasteiger partial charge in [-0.1, -0.05) is 171 Å². The number of carbonyl (C=O) groups is 2. The zero-order valence-electron chi connectivity index (χ0n) is 34.9. The number of aliphatic hydroxyl groups is 1. The Morgan fingerprint density at radius 2 is 1.04 bits per heavy atom. The predicted octanol–water partition coefficient (Wildman–Crippen LogP) is 12.1. The Morgan fingerprint density at radius 3 is 1.56 bits per heavy atom. The third-order valence-corrected chi connectivity index (χ3v) is 9.95. The zero-order chi connectivity index (χ0) is 40.3. The summed E-state index contributed by atoms with van der Waals surface area (Å²) in [5.74, 6) is -0.549. The maximum atomic E-state index is 12.1. The molecule has 10 heteroatoms. The average Bonchev–Trinajstić information content (AvgIpc) is 3.17. The van der Waals surface area contributed by atoms with Gasteiger partial charge >= 0.3 is 13.8 Å². The third-order valence-electron chi connectivity index (χ3n) is 8.96. The first kappa shape index (κ1) is 52.7. The zero-order valence-corrected chi connectivity index (χ0v) is 35.7. The highest BCUT2D eigenvalue weighted by Gasteiger charge is 2.23. The van der Waals surface area contributed by atoms with E-state index in [1.807, 2.05) is 0 Å². The second-order valence-corrected chi connectivity index (χ2v) is 15.7. The molecule has 0 heterocycles. The summed E-state index contributed by atoms with van der Waals surface area (Å²) in [6.45, 7) is 3.40. The van der Waals surface area contributed by atoms with Gasteiger partial charge in [0.1, 0.15) is 12.7 Å². The lowest BCUT2D eigenvalue weighted by Gasteiger charge is -2.15. The van der Waals surface area contributed by atoms with E-state index in [4.69, 9.17) is 13.8 Å². The number of unbranched alkanes of at least 4 members (excludes halogenated alkanes) is 17. The summed E-state index contributed by atoms with van der Waals surface area (Å²) in [6, 6.07) is 0. The first-order valence-corrected chi connectivity index (χ1v) is 23.3. The van der Waals surface area contributed by atoms with E-state index in [1.54, 1.807) is 0 Å². The molecule has 0 saturated carbocycles. The van der Waals surface area contributed by atoms with Crippen molar-refractivity contribution in [2.75, 3.05) is 26.4 Å². The summed E-state index contributed by atoms with van der Waals surface area (Å²) < 4.78 is 26.9. The molecule has 0 aromatic heterocycles. The number of allylic oxidation sites excluding steroid dienone is 10. The smallest absolute Gasteiger partial charge is 0.463 e. The van der Waals surface area contributed by atoms with Crippen molar-refractivity contribution in [3.8, 4) is 0 Å². The standard InChI is InChI=1S/C45H80NO8P/c1-3-5-7-9-11-13-15-17-19-20-21-22-24-25-27-29-31-33-35-37-44(48)46-39-40-53-55(50,51)54-42-43(47)41-52-45(49)38-36-34-32-30-28-26-23-18-16-14-12-10-8-6-4-2/h5,7,11,13,17,19,21-22,25,27,43,47H,3-4,6,8-10,12,14-16,18,20,23-24,26,28-42H2,1-2H3,(H,46,48)(H,50,51)/b7-5-,13-11-,19-17-,22-21-,27-25-. The number of rotatable bonds is 40. The van der Waals surface area contributed by atoms with E-state index < -0.39 is 26.5 Å². The van der Waals surface area contributed by atoms with Crippen LogP contribution < -0.4 is 5.32 Å². The molecule has 0 fully saturated rings. The Kier molecular flexibility index (Phi) is 39.6. The van der Waals surface area contributed by atoms with Gasteiger partial charge in [0.15, 0.2) is 0 Å². The molecular weight excluding hydrogens is 713 g/mol. The van der Waals surface area contributed by atoms with E-state index in [2.05, 4.69) is 79.9 Å². The van der Waals surface area contributed by atoms with E-state index in [0.717, 1.165) is 77.0 Å². The van der Waals surface area contributed by atoms with Crippen LogP contribution in [0, 0.1) is 0 Å². The summed E-state index contributed by atoms with van der Waals surface area (Å²) in [4.78, 5) is 33.9. The second-order valence-electron chi connectivity index (χ2n) is 14.3. The first-order valence-electron chi connectivity index (χ1n) is 21.8. The highest BCUT2D eigenvalue weighted by Crippen LogP contribution is 2.42. The number of aliphatic hydroxyl groups excluding tert-OH is 1. The van der Waals surface area contributed by atoms with Gasteiger partial charge in [-0.05, 0) is 57.8 Å². The van der Waals surface area contributed by atoms with Gasteiger partial charge in [-0.3, -0.25) is 18.6 Å². The molecule has 0 spiro atoms. The molecule has 0 aromatic carbocycles. The molecule has 9 nitrogen and oxygen atoms in total. The van der Waals surface area contributed by atoms with Crippen molar-refractivity contribution in [3.05, 3.63) is 60.8 Å². The van der Waals surface area contributed by atoms with Crippen molar-refractivity contribution < 1.29 is 37.9 Å². The normalized spacial score (nSPS) is 13.9. The summed E-state index contributed by atoms with van der Waals surface area (Å²) in [5, 5.41) is 12.7. The molecule has 55 heavy (non-hydrogen) atoms. The van der Waals surface area contributed by atoms with Crippen LogP contribution in [0.3, 0.4) is 0 Å². The second kappa shape index (κ2) is 41.3. The third kappa shape index (κ3) is 42.7. The molecule has 1 amide bonds. The van der Waals surface area contributed by atoms with Gasteiger partial charge < -0.3 is 20.1 Å². The fourth-order valence-corrected chi connectivity index (χ4v) is 6.46. The number of amides is 1. The van der Waals surface area contributed by atoms with Gasteiger partial charge in [-0.25, -0.2) is 4.57 Å². The van der Waals surface area contributed by atoms with Crippen LogP contribution in [0.4, 0.5) is 0 Å². The molecule has 0 aromatic rings. The van der Waals surface area contributed by atoms with E-state index in [0.29, 0.717) is 6.42 Å². The summed E-state index contributed by atoms with van der Waals surface area (Å²) >= 11 is 0. The summed E-state index contributed by atoms with van der Waals surface area (Å²) in [5.41, 5.74) is 0. The van der Waals surface area contributed by atoms with Gasteiger partial charge in [0.05, 0.1) is 13.2 Å². The molecular formula is C45H80NO8P. The lowest BCUT2D eigenvalue weighted by molar-refractivity contribution is -0.147. The van der Waals surface area contributed by atoms with Gasteiger partial charge in [-0.2, -0.15) is 0 Å². The summed E-state index contributed by atoms with van der Waals surface area (Å²) in [6.07, 6.45) is 48.6. The molecule has 318 valence electrons. The van der Waals surface area contributed by atoms with Crippen molar-refractivity contribution in [1.82, 2.24) is 5.32 Å². The number of esters is 1. The van der Waals surface area contributed by atoms with Crippen molar-refractivity contribution in [2.24, 2.45) is 0 Å². The van der Waals surface area contributed by atoms with Gasteiger partial charge in [-0.15, -0.1) is 0 Å². The van der Waals surface area contributed by atoms with Crippen LogP contribution in [0.25, 0.3) is 0 Å². The Labute approximate surface area is 336 Å². The van der Waals surface area contributed by atoms with E-state index in [1.165, 1.54) is 77.0 Å². The molecule has 0 aliphatic rings. The fraction of sp³-hybridized carbons (Fsp3) is 0.733. The highest BCUT2D eigenvalue weighted by atomic mass is 31.2. The lowest BCUT2D eigenvalue weighted by Crippen LogP contribution is -2.27. The number of hydrogen-bond acceptors (Lipinski definition) is 7. The summed E-state index contributed by atoms with van der Waals surface area (Å²) in [7, 11) is -4.43. The minimum atomic E-state index is -4.43. The largest absolute Gasteiger partial charge is 0.472 e. The highest BCUT2D eigenvalue weighted by molar-refractivity contribution is 7.47. The monoisotopic (exact) mass is 794 g/mol. The Bertz CT molecular complexity index is 1090. The topological polar surface area (TPSA) is 131 Å². The van der Waals surface area contributed by atoms with Crippen molar-refractivity contribution >= 4 is 19.7 Å². The number of hydrogen-bond donors (Lipinski definition) is 3. The Hall–Kier alpha value is -2.29. The molecule has 0 rings (SSSR count). The molecule has 2 atom stereocenters. The Balaban J connectivity index is 3.66. The van der Waals surface area contributed by atoms with Crippen LogP contribution in [0.2, 0.25) is 0 Å². The van der Waals surface area contributed by atoms with Crippen LogP contribution in [-0.4, -0.2) is 54.3 Å². The van der Waals surface area contributed by atoms with Crippen molar-refractivity contribution in [2.45, 2.75) is 187 Å². The van der Waals surface area contributed by atoms with Gasteiger partial charge in [0.2, 0.25) is 5.91 Å². The Morgan fingerprint density at radius 1 is 0.582 bits per heavy atom. The van der Waals surface area contributed by atoms with Crippen LogP contribution in [0.1, 0.15) is 181 Å². The minimum absolute atomic E-state index is 0.0618. The van der Waals surface area contributed by atoms with E-state index in [-0.39, 0.29) is 32.1 Å². The molecule has 2 unspecified atom stereocenters. The molecule has 0 aliphatic heterocycles. The number of carbonyl (C=O) groups excluding carboxylic acids is 2. The molecule has 0 bridgehead atoms. The van der Waals surface area contributed by atoms with Gasteiger partial charge in [0, 0.05) is 19.4 Å². The van der Waals surface area contributed by atoms with Crippen LogP contribution in [0.5, 0.6) is 0 Å². The SMILES string of the molecule is CC/C=C\C/C=C\C/C=C\C/C=C\C/C=C\CCCCCC(=O)NCCOP(=O)(O)OCC(O)COC(=O)CCCCCCCCCCCCCCCCC. The van der Waals surface area contributed by atoms with Crippen LogP contribution in [0.15, 0.2) is 60.8 Å². The molecule has 0 saturated heterocycles. The number of phosphoric acid groups is 1. The maximum absolute atomic E-state index is 12.1. The fourth-order valence-electron chi connectivity index (χ4n) is 5.70. The van der Waals surface area contributed by atoms with E-state index >= 15 is 0 Å². The van der Waals surface area contributed by atoms with Crippen molar-refractivity contribution in [1.29, 1.82) is 0 Å². The molecule has 0 radical (unpaired) electrons. The predicted molar refractivity (Wildman–Crippen MR) is 229 cm³/mol. The van der Waals surface area contributed by atoms with E-state index in [9.17, 15) is 24.2 Å². The number of nitrogens with one attached hydrogen (secondary N) is 1. The number of ether oxygens (including phenoxy) is 1. The lowest BCUT2D eigenvalue weighted by atomic mass is 10.0. The molecule has 3 N–H and O–H groups in total. The maximum Gasteiger partial charge on any atom is 0.472 e. The first-order chi connectivity index (χ1) is 26.8. The average molecular weight is 794 g/mol. The quantitative estimate of drug-likeness (QED) is 0.0242. The number of phosphoric ester groups is 1. The van der Waals surface area contributed by atoms with Crippen LogP contribution >= 0.6 is 7.82 Å². The van der Waals surface area contributed by atoms with Crippen molar-refractivity contribution in [3.63, 3.8) is 0 Å².